The molecule has 0 aromatic heterocycles. The predicted octanol–water partition coefficient (Wildman–Crippen LogP) is 3.08. The summed E-state index contributed by atoms with van der Waals surface area (Å²) in [5, 5.41) is 29.7. The summed E-state index contributed by atoms with van der Waals surface area (Å²) < 4.78 is 0. The van der Waals surface area contributed by atoms with Crippen molar-refractivity contribution in [2.45, 2.75) is 71.6 Å². The van der Waals surface area contributed by atoms with Gasteiger partial charge in [0, 0.05) is 21.8 Å². The highest BCUT2D eigenvalue weighted by molar-refractivity contribution is 6.01. The van der Waals surface area contributed by atoms with Crippen molar-refractivity contribution in [1.29, 1.82) is 0 Å². The van der Waals surface area contributed by atoms with Crippen LogP contribution in [0.1, 0.15) is 83.1 Å². The number of rotatable bonds is 13. The predicted molar refractivity (Wildman–Crippen MR) is 126 cm³/mol. The van der Waals surface area contributed by atoms with Crippen LogP contribution in [0.2, 0.25) is 0 Å². The van der Waals surface area contributed by atoms with E-state index in [-0.39, 0.29) is 69.3 Å². The Kier molecular flexibility index (Phi) is 11.8. The van der Waals surface area contributed by atoms with Crippen LogP contribution in [0.25, 0.3) is 0 Å². The van der Waals surface area contributed by atoms with Crippen molar-refractivity contribution in [3.63, 3.8) is 0 Å². The van der Waals surface area contributed by atoms with Crippen molar-refractivity contribution in [1.82, 2.24) is 0 Å². The summed E-state index contributed by atoms with van der Waals surface area (Å²) in [7, 11) is 0. The Morgan fingerprint density at radius 2 is 1.91 bits per heavy atom. The van der Waals surface area contributed by atoms with Crippen LogP contribution in [-0.2, 0) is 22.4 Å². The Hall–Kier alpha value is -2.09. The molecule has 0 aliphatic heterocycles. The van der Waals surface area contributed by atoms with Crippen molar-refractivity contribution >= 4 is 17.3 Å². The van der Waals surface area contributed by atoms with Gasteiger partial charge in [0.15, 0.2) is 5.78 Å². The van der Waals surface area contributed by atoms with Crippen molar-refractivity contribution in [3.05, 3.63) is 28.8 Å². The first kappa shape index (κ1) is 27.9. The summed E-state index contributed by atoms with van der Waals surface area (Å²) >= 11 is 0. The van der Waals surface area contributed by atoms with E-state index in [1.165, 1.54) is 6.92 Å². The van der Waals surface area contributed by atoms with E-state index in [4.69, 9.17) is 0 Å². The first-order chi connectivity index (χ1) is 14.8. The van der Waals surface area contributed by atoms with Crippen LogP contribution >= 0.6 is 0 Å². The Morgan fingerprint density at radius 3 is 2.50 bits per heavy atom. The lowest BCUT2D eigenvalue weighted by atomic mass is 9.72. The fourth-order valence-corrected chi connectivity index (χ4v) is 4.88. The zero-order valence-electron chi connectivity index (χ0n) is 19.2. The summed E-state index contributed by atoms with van der Waals surface area (Å²) in [5.41, 5.74) is 2.41. The molecule has 32 heavy (non-hydrogen) atoms. The molecule has 7 nitrogen and oxygen atoms in total. The number of carbonyl (C=O) groups excluding carboxylic acids is 3. The molecule has 1 aromatic carbocycles. The summed E-state index contributed by atoms with van der Waals surface area (Å²) in [6.07, 6.45) is 5.57. The fourth-order valence-electron chi connectivity index (χ4n) is 4.88. The molecule has 5 N–H and O–H groups in total. The molecule has 0 fully saturated rings. The van der Waals surface area contributed by atoms with E-state index in [2.05, 4.69) is 6.92 Å². The van der Waals surface area contributed by atoms with E-state index in [9.17, 15) is 29.7 Å². The Morgan fingerprint density at radius 1 is 1.19 bits per heavy atom. The number of aryl methyl sites for hydroxylation is 1. The third kappa shape index (κ3) is 7.22. The molecule has 3 unspecified atom stereocenters. The molecule has 184 valence electrons. The van der Waals surface area contributed by atoms with Crippen LogP contribution in [0.15, 0.2) is 12.1 Å². The zero-order valence-corrected chi connectivity index (χ0v) is 19.2. The highest BCUT2D eigenvalue weighted by Gasteiger charge is 2.34. The number of hydrogen-bond acceptors (Lipinski definition) is 6. The van der Waals surface area contributed by atoms with Gasteiger partial charge in [0.1, 0.15) is 17.3 Å². The summed E-state index contributed by atoms with van der Waals surface area (Å²) in [4.78, 5) is 36.8. The largest absolute Gasteiger partial charge is 0.507 e. The van der Waals surface area contributed by atoms with Crippen molar-refractivity contribution < 1.29 is 38.0 Å². The third-order valence-corrected chi connectivity index (χ3v) is 6.42. The van der Waals surface area contributed by atoms with Crippen LogP contribution < -0.4 is 0 Å². The summed E-state index contributed by atoms with van der Waals surface area (Å²) in [5.74, 6) is -1.70. The maximum absolute atomic E-state index is 12.9. The van der Waals surface area contributed by atoms with Crippen LogP contribution in [-0.4, -0.2) is 51.4 Å². The summed E-state index contributed by atoms with van der Waals surface area (Å²) in [6, 6.07) is 3.51. The molecule has 0 amide bonds. The second-order valence-electron chi connectivity index (χ2n) is 8.89. The van der Waals surface area contributed by atoms with E-state index in [0.717, 1.165) is 36.8 Å². The lowest BCUT2D eigenvalue weighted by Gasteiger charge is -2.31. The van der Waals surface area contributed by atoms with Crippen molar-refractivity contribution in [2.24, 2.45) is 17.8 Å². The normalized spacial score (nSPS) is 17.2. The molecule has 0 heterocycles. The van der Waals surface area contributed by atoms with E-state index in [1.54, 1.807) is 6.07 Å². The molecule has 0 radical (unpaired) electrons. The minimum atomic E-state index is -0.722. The molecule has 2 rings (SSSR count). The number of ketones is 3. The first-order valence-corrected chi connectivity index (χ1v) is 11.4. The third-order valence-electron chi connectivity index (χ3n) is 6.42. The molecule has 1 aliphatic rings. The van der Waals surface area contributed by atoms with Crippen molar-refractivity contribution in [3.8, 4) is 5.75 Å². The number of benzene rings is 1. The lowest BCUT2D eigenvalue weighted by molar-refractivity contribution is -0.131. The van der Waals surface area contributed by atoms with E-state index in [1.807, 2.05) is 6.07 Å². The Bertz CT molecular complexity index is 798. The number of carbonyl (C=O) groups is 3. The van der Waals surface area contributed by atoms with Crippen LogP contribution in [0.4, 0.5) is 0 Å². The van der Waals surface area contributed by atoms with Gasteiger partial charge in [-0.1, -0.05) is 25.8 Å². The van der Waals surface area contributed by atoms with Gasteiger partial charge in [-0.2, -0.15) is 0 Å². The number of fused-ring (bicyclic) bond motifs is 1. The van der Waals surface area contributed by atoms with Crippen LogP contribution in [0.3, 0.4) is 0 Å². The standard InChI is InChI=1S/C25H36O6.H2O.2H2/c1-3-4-5-6-18-7-8-22(29)25-20(18)13-17(14-24(25)31)12-19(9-10-26)21(15-27)23(30)11-16(2)28;;;/h7-8,17,19,21,26-27,29H,3-6,9-15H2,1-2H3;1H2;2*1H. The van der Waals surface area contributed by atoms with E-state index < -0.39 is 5.92 Å². The number of Topliss-reactive ketones (excluding diaryl/α,β-unsaturated/α-hetero) is 3. The highest BCUT2D eigenvalue weighted by Crippen LogP contribution is 2.38. The second-order valence-corrected chi connectivity index (χ2v) is 8.89. The van der Waals surface area contributed by atoms with Gasteiger partial charge < -0.3 is 20.8 Å². The quantitative estimate of drug-likeness (QED) is 0.309. The van der Waals surface area contributed by atoms with Gasteiger partial charge in [0.05, 0.1) is 18.6 Å². The maximum Gasteiger partial charge on any atom is 0.167 e. The average molecular weight is 455 g/mol. The number of phenols is 1. The lowest BCUT2D eigenvalue weighted by Crippen LogP contribution is -2.32. The Labute approximate surface area is 193 Å². The molecular formula is C25H42O7. The molecule has 7 heteroatoms. The van der Waals surface area contributed by atoms with Gasteiger partial charge in [-0.05, 0) is 68.1 Å². The number of unbranched alkanes of at least 4 members (excludes halogenated alkanes) is 2. The minimum absolute atomic E-state index is 0. The monoisotopic (exact) mass is 454 g/mol. The maximum atomic E-state index is 12.9. The minimum Gasteiger partial charge on any atom is -0.507 e. The van der Waals surface area contributed by atoms with Gasteiger partial charge >= 0.3 is 0 Å². The van der Waals surface area contributed by atoms with Crippen LogP contribution in [0, 0.1) is 17.8 Å². The average Bonchev–Trinajstić information content (AvgIpc) is 2.69. The molecule has 1 aliphatic carbocycles. The van der Waals surface area contributed by atoms with E-state index in [0.29, 0.717) is 24.8 Å². The summed E-state index contributed by atoms with van der Waals surface area (Å²) in [6.45, 7) is 2.97. The molecule has 0 bridgehead atoms. The molecule has 1 aromatic rings. The number of aliphatic hydroxyl groups is 2. The molecular weight excluding hydrogens is 412 g/mol. The van der Waals surface area contributed by atoms with E-state index >= 15 is 0 Å². The van der Waals surface area contributed by atoms with Gasteiger partial charge in [0.2, 0.25) is 0 Å². The second kappa shape index (κ2) is 13.5. The van der Waals surface area contributed by atoms with Crippen LogP contribution in [0.5, 0.6) is 5.75 Å². The fraction of sp³-hybridized carbons (Fsp3) is 0.640. The number of hydrogen-bond donors (Lipinski definition) is 3. The van der Waals surface area contributed by atoms with Gasteiger partial charge in [-0.15, -0.1) is 0 Å². The smallest absolute Gasteiger partial charge is 0.167 e. The van der Waals surface area contributed by atoms with Gasteiger partial charge in [-0.25, -0.2) is 0 Å². The first-order valence-electron chi connectivity index (χ1n) is 11.4. The highest BCUT2D eigenvalue weighted by atomic mass is 16.3. The number of aliphatic hydroxyl groups excluding tert-OH is 2. The number of phenolic OH excluding ortho intramolecular Hbond substituents is 1. The number of aromatic hydroxyl groups is 1. The van der Waals surface area contributed by atoms with Gasteiger partial charge in [0.25, 0.3) is 0 Å². The molecule has 0 spiro atoms. The molecule has 0 saturated heterocycles. The van der Waals surface area contributed by atoms with Gasteiger partial charge in [-0.3, -0.25) is 14.4 Å². The molecule has 3 atom stereocenters. The SMILES string of the molecule is CCCCCc1ccc(O)c2c1CC(CC(CCO)C(CO)C(=O)CC(C)=O)CC2=O.O.[HH].[HH]. The molecule has 0 saturated carbocycles. The van der Waals surface area contributed by atoms with Crippen molar-refractivity contribution in [2.75, 3.05) is 13.2 Å². The zero-order chi connectivity index (χ0) is 23.0. The Balaban J connectivity index is 0. The topological polar surface area (TPSA) is 143 Å².